The number of hydrogen-bond acceptors (Lipinski definition) is 4. The number of hydrogen-bond donors (Lipinski definition) is 2. The molecule has 0 saturated heterocycles. The van der Waals surface area contributed by atoms with Crippen LogP contribution in [0.1, 0.15) is 17.8 Å². The zero-order chi connectivity index (χ0) is 15.1. The lowest BCUT2D eigenvalue weighted by Gasteiger charge is -2.11. The molecule has 0 bridgehead atoms. The van der Waals surface area contributed by atoms with Crippen LogP contribution in [-0.4, -0.2) is 33.3 Å². The van der Waals surface area contributed by atoms with Gasteiger partial charge >= 0.3 is 0 Å². The summed E-state index contributed by atoms with van der Waals surface area (Å²) < 4.78 is 1.64. The predicted octanol–water partition coefficient (Wildman–Crippen LogP) is 0.434. The van der Waals surface area contributed by atoms with Gasteiger partial charge in [-0.25, -0.2) is 4.98 Å². The first-order chi connectivity index (χ1) is 10.1. The normalized spacial score (nSPS) is 12.1. The molecule has 0 saturated carbocycles. The molecule has 2 rings (SSSR count). The van der Waals surface area contributed by atoms with Gasteiger partial charge in [0.15, 0.2) is 5.82 Å². The number of carbonyl (C=O) groups excluding carboxylic acids is 1. The van der Waals surface area contributed by atoms with Crippen molar-refractivity contribution in [2.75, 3.05) is 6.54 Å². The SMILES string of the molecule is Cn1cnc(CCNC(=O)C(N)CCc2ccccc2)n1. The zero-order valence-electron chi connectivity index (χ0n) is 12.2. The Bertz CT molecular complexity index is 566. The highest BCUT2D eigenvalue weighted by atomic mass is 16.2. The van der Waals surface area contributed by atoms with E-state index in [4.69, 9.17) is 5.73 Å². The molecule has 0 aliphatic rings. The molecular weight excluding hydrogens is 266 g/mol. The average Bonchev–Trinajstić information content (AvgIpc) is 2.91. The molecule has 0 aliphatic carbocycles. The predicted molar refractivity (Wildman–Crippen MR) is 80.5 cm³/mol. The Morgan fingerprint density at radius 3 is 2.76 bits per heavy atom. The lowest BCUT2D eigenvalue weighted by molar-refractivity contribution is -0.122. The maximum atomic E-state index is 11.9. The van der Waals surface area contributed by atoms with E-state index in [2.05, 4.69) is 15.4 Å². The fourth-order valence-electron chi connectivity index (χ4n) is 2.03. The van der Waals surface area contributed by atoms with Gasteiger partial charge in [0.2, 0.25) is 5.91 Å². The zero-order valence-corrected chi connectivity index (χ0v) is 12.2. The van der Waals surface area contributed by atoms with Gasteiger partial charge in [-0.05, 0) is 18.4 Å². The monoisotopic (exact) mass is 287 g/mol. The van der Waals surface area contributed by atoms with Crippen molar-refractivity contribution in [1.29, 1.82) is 0 Å². The van der Waals surface area contributed by atoms with Crippen LogP contribution in [0.5, 0.6) is 0 Å². The van der Waals surface area contributed by atoms with Crippen LogP contribution >= 0.6 is 0 Å². The largest absolute Gasteiger partial charge is 0.354 e. The van der Waals surface area contributed by atoms with Gasteiger partial charge in [0.25, 0.3) is 0 Å². The lowest BCUT2D eigenvalue weighted by atomic mass is 10.1. The van der Waals surface area contributed by atoms with E-state index in [9.17, 15) is 4.79 Å². The van der Waals surface area contributed by atoms with Gasteiger partial charge in [0.1, 0.15) is 6.33 Å². The van der Waals surface area contributed by atoms with E-state index in [-0.39, 0.29) is 5.91 Å². The molecule has 6 nitrogen and oxygen atoms in total. The molecular formula is C15H21N5O. The Balaban J connectivity index is 1.67. The van der Waals surface area contributed by atoms with E-state index < -0.39 is 6.04 Å². The number of aromatic nitrogens is 3. The minimum atomic E-state index is -0.484. The summed E-state index contributed by atoms with van der Waals surface area (Å²) in [6.07, 6.45) is 3.69. The minimum absolute atomic E-state index is 0.123. The van der Waals surface area contributed by atoms with Gasteiger partial charge in [-0.1, -0.05) is 30.3 Å². The molecule has 1 unspecified atom stereocenters. The van der Waals surface area contributed by atoms with Crippen molar-refractivity contribution in [3.8, 4) is 0 Å². The standard InChI is InChI=1S/C15H21N5O/c1-20-11-18-14(19-20)9-10-17-15(21)13(16)8-7-12-5-3-2-4-6-12/h2-6,11,13H,7-10,16H2,1H3,(H,17,21). The van der Waals surface area contributed by atoms with Crippen molar-refractivity contribution < 1.29 is 4.79 Å². The third kappa shape index (κ3) is 5.00. The van der Waals surface area contributed by atoms with E-state index in [1.807, 2.05) is 37.4 Å². The highest BCUT2D eigenvalue weighted by molar-refractivity contribution is 5.81. The number of nitrogens with two attached hydrogens (primary N) is 1. The second-order valence-electron chi connectivity index (χ2n) is 5.01. The molecule has 1 heterocycles. The number of nitrogens with zero attached hydrogens (tertiary/aromatic N) is 3. The van der Waals surface area contributed by atoms with Crippen LogP contribution in [0.3, 0.4) is 0 Å². The highest BCUT2D eigenvalue weighted by Gasteiger charge is 2.13. The van der Waals surface area contributed by atoms with Gasteiger partial charge in [0, 0.05) is 20.0 Å². The summed E-state index contributed by atoms with van der Waals surface area (Å²) in [7, 11) is 1.81. The van der Waals surface area contributed by atoms with Crippen LogP contribution in [0.2, 0.25) is 0 Å². The molecule has 3 N–H and O–H groups in total. The number of amides is 1. The molecule has 1 aromatic heterocycles. The Kier molecular flexibility index (Phi) is 5.45. The lowest BCUT2D eigenvalue weighted by Crippen LogP contribution is -2.41. The molecule has 0 radical (unpaired) electrons. The summed E-state index contributed by atoms with van der Waals surface area (Å²) in [6, 6.07) is 9.54. The Morgan fingerprint density at radius 2 is 2.10 bits per heavy atom. The first-order valence-corrected chi connectivity index (χ1v) is 7.07. The molecule has 1 aromatic carbocycles. The van der Waals surface area contributed by atoms with Gasteiger partial charge in [-0.2, -0.15) is 5.10 Å². The topological polar surface area (TPSA) is 85.8 Å². The van der Waals surface area contributed by atoms with Gasteiger partial charge in [0.05, 0.1) is 6.04 Å². The van der Waals surface area contributed by atoms with E-state index in [1.54, 1.807) is 11.0 Å². The number of carbonyl (C=O) groups is 1. The maximum absolute atomic E-state index is 11.9. The van der Waals surface area contributed by atoms with Crippen molar-refractivity contribution in [2.45, 2.75) is 25.3 Å². The summed E-state index contributed by atoms with van der Waals surface area (Å²) in [6.45, 7) is 0.502. The molecule has 6 heteroatoms. The van der Waals surface area contributed by atoms with Gasteiger partial charge in [-0.15, -0.1) is 0 Å². The minimum Gasteiger partial charge on any atom is -0.354 e. The fraction of sp³-hybridized carbons (Fsp3) is 0.400. The number of aryl methyl sites for hydroxylation is 2. The molecule has 2 aromatic rings. The summed E-state index contributed by atoms with van der Waals surface area (Å²) >= 11 is 0. The quantitative estimate of drug-likeness (QED) is 0.773. The molecule has 0 spiro atoms. The Labute approximate surface area is 124 Å². The third-order valence-corrected chi connectivity index (χ3v) is 3.22. The van der Waals surface area contributed by atoms with Crippen LogP contribution in [-0.2, 0) is 24.7 Å². The first kappa shape index (κ1) is 15.2. The molecule has 112 valence electrons. The fourth-order valence-corrected chi connectivity index (χ4v) is 2.03. The van der Waals surface area contributed by atoms with Crippen molar-refractivity contribution in [2.24, 2.45) is 12.8 Å². The maximum Gasteiger partial charge on any atom is 0.236 e. The molecule has 0 aliphatic heterocycles. The van der Waals surface area contributed by atoms with Crippen LogP contribution in [0.15, 0.2) is 36.7 Å². The molecule has 21 heavy (non-hydrogen) atoms. The Morgan fingerprint density at radius 1 is 1.33 bits per heavy atom. The van der Waals surface area contributed by atoms with Crippen molar-refractivity contribution in [3.05, 3.63) is 48.0 Å². The average molecular weight is 287 g/mol. The summed E-state index contributed by atoms with van der Waals surface area (Å²) in [5.74, 6) is 0.595. The van der Waals surface area contributed by atoms with Crippen LogP contribution in [0.4, 0.5) is 0 Å². The molecule has 1 amide bonds. The Hall–Kier alpha value is -2.21. The van der Waals surface area contributed by atoms with Crippen molar-refractivity contribution in [1.82, 2.24) is 20.1 Å². The summed E-state index contributed by atoms with van der Waals surface area (Å²) in [5.41, 5.74) is 7.09. The number of benzene rings is 1. The second kappa shape index (κ2) is 7.54. The van der Waals surface area contributed by atoms with E-state index >= 15 is 0 Å². The van der Waals surface area contributed by atoms with Crippen molar-refractivity contribution in [3.63, 3.8) is 0 Å². The second-order valence-corrected chi connectivity index (χ2v) is 5.01. The van der Waals surface area contributed by atoms with Gasteiger partial charge in [-0.3, -0.25) is 9.48 Å². The summed E-state index contributed by atoms with van der Waals surface area (Å²) in [4.78, 5) is 16.0. The van der Waals surface area contributed by atoms with Crippen LogP contribution in [0, 0.1) is 0 Å². The van der Waals surface area contributed by atoms with Crippen LogP contribution in [0.25, 0.3) is 0 Å². The van der Waals surface area contributed by atoms with E-state index in [0.717, 1.165) is 12.2 Å². The highest BCUT2D eigenvalue weighted by Crippen LogP contribution is 2.04. The van der Waals surface area contributed by atoms with E-state index in [0.29, 0.717) is 19.4 Å². The number of nitrogens with one attached hydrogen (secondary N) is 1. The van der Waals surface area contributed by atoms with Crippen molar-refractivity contribution >= 4 is 5.91 Å². The van der Waals surface area contributed by atoms with E-state index in [1.165, 1.54) is 5.56 Å². The van der Waals surface area contributed by atoms with Gasteiger partial charge < -0.3 is 11.1 Å². The van der Waals surface area contributed by atoms with Crippen LogP contribution < -0.4 is 11.1 Å². The third-order valence-electron chi connectivity index (χ3n) is 3.22. The first-order valence-electron chi connectivity index (χ1n) is 7.07. The molecule has 0 fully saturated rings. The smallest absolute Gasteiger partial charge is 0.236 e. The number of rotatable bonds is 7. The summed E-state index contributed by atoms with van der Waals surface area (Å²) in [5, 5.41) is 6.97. The molecule has 1 atom stereocenters.